The topological polar surface area (TPSA) is 279 Å². The van der Waals surface area contributed by atoms with Gasteiger partial charge in [-0.3, -0.25) is 19.7 Å². The zero-order valence-corrected chi connectivity index (χ0v) is 50.0. The number of benzene rings is 4. The first kappa shape index (κ1) is 68.1. The number of hydrogen-bond donors (Lipinski definition) is 7. The number of nitrogens with two attached hydrogens (primary N) is 1. The molecule has 4 aliphatic rings. The number of aliphatic hydroxyl groups is 2. The molecule has 4 aliphatic heterocycles. The molecule has 0 saturated carbocycles. The van der Waals surface area contributed by atoms with Gasteiger partial charge in [-0.25, -0.2) is 23.5 Å². The quantitative estimate of drug-likeness (QED) is 0.0215. The Hall–Kier alpha value is -7.36. The molecular weight excluding hydrogens is 1180 g/mol. The van der Waals surface area contributed by atoms with Crippen molar-refractivity contribution in [2.24, 2.45) is 0 Å². The molecule has 6 aromatic rings. The van der Waals surface area contributed by atoms with Gasteiger partial charge in [-0.2, -0.15) is 0 Å². The van der Waals surface area contributed by atoms with Gasteiger partial charge in [0, 0.05) is 124 Å². The molecule has 2 saturated heterocycles. The molecule has 10 rings (SSSR count). The van der Waals surface area contributed by atoms with E-state index >= 15 is 0 Å². The van der Waals surface area contributed by atoms with E-state index < -0.39 is 54.1 Å². The summed E-state index contributed by atoms with van der Waals surface area (Å²) < 4.78 is 63.5. The van der Waals surface area contributed by atoms with Crippen molar-refractivity contribution in [3.63, 3.8) is 0 Å². The molecule has 476 valence electrons. The number of nitrogens with one attached hydrogen (secondary N) is 3. The Balaban J connectivity index is 0.000000228. The summed E-state index contributed by atoms with van der Waals surface area (Å²) in [6.07, 6.45) is 11.7. The molecule has 4 atom stereocenters. The molecule has 3 amide bonds. The summed E-state index contributed by atoms with van der Waals surface area (Å²) in [7, 11) is 0. The molecule has 2 fully saturated rings. The first-order chi connectivity index (χ1) is 42.4. The van der Waals surface area contributed by atoms with Crippen LogP contribution in [0.15, 0.2) is 96.0 Å². The van der Waals surface area contributed by atoms with E-state index in [1.807, 2.05) is 29.6 Å². The summed E-state index contributed by atoms with van der Waals surface area (Å²) in [6, 6.07) is 16.1. The van der Waals surface area contributed by atoms with Gasteiger partial charge in [-0.05, 0) is 124 Å². The van der Waals surface area contributed by atoms with Crippen molar-refractivity contribution < 1.29 is 71.7 Å². The molecule has 21 nitrogen and oxygen atoms in total. The standard InChI is InChI=1S/C31H37FN4O6S.C28H35FN2O7.C3H4N2S.CH4/c32-22-10-11-25(42-26-9-1-3-17-41-26)23(19-22)28(29(38)35-31-34-13-18-43-31)36-20-21-7-5-8-24(27(21)30(36)39)33-12-2-4-15-40-16-6-14-37;29-20-10-11-23(38-24-9-1-3-16-37-24)21(17-20)26(28(34)35)31-18-19-7-5-8-22(25(19)27(31)33)30-12-2-4-14-36-15-6-13-32;4-3-5-1-2-6-3;/h5,7-8,10-11,13,18-19,26,28,33,37H,1-4,6,9,12,14-17,20H2,(H,34,35,38);5,7-8,10-11,17,24,26,30,32H,1-4,6,9,12-16,18H2,(H,34,35);1-2H,(H2,4,5);1H4. The Labute approximate surface area is 519 Å². The Bertz CT molecular complexity index is 3140. The molecule has 2 aromatic heterocycles. The molecule has 25 heteroatoms. The van der Waals surface area contributed by atoms with E-state index in [-0.39, 0.29) is 62.3 Å². The molecule has 4 unspecified atom stereocenters. The van der Waals surface area contributed by atoms with E-state index in [1.165, 1.54) is 62.8 Å². The summed E-state index contributed by atoms with van der Waals surface area (Å²) in [5.74, 6) is -3.26. The van der Waals surface area contributed by atoms with Crippen LogP contribution in [0.4, 0.5) is 30.4 Å². The zero-order chi connectivity index (χ0) is 61.3. The number of carboxylic acids is 1. The number of thiazole rings is 2. The number of ether oxygens (including phenoxy) is 6. The van der Waals surface area contributed by atoms with Crippen LogP contribution >= 0.6 is 22.7 Å². The number of carbonyl (C=O) groups is 4. The molecule has 8 N–H and O–H groups in total. The summed E-state index contributed by atoms with van der Waals surface area (Å²) in [4.78, 5) is 64.6. The van der Waals surface area contributed by atoms with Gasteiger partial charge in [0.1, 0.15) is 29.2 Å². The van der Waals surface area contributed by atoms with E-state index in [2.05, 4.69) is 25.9 Å². The highest BCUT2D eigenvalue weighted by Gasteiger charge is 2.42. The largest absolute Gasteiger partial charge is 0.479 e. The molecule has 4 aromatic carbocycles. The maximum atomic E-state index is 14.8. The maximum Gasteiger partial charge on any atom is 0.331 e. The van der Waals surface area contributed by atoms with Crippen molar-refractivity contribution >= 4 is 68.0 Å². The third-order valence-electron chi connectivity index (χ3n) is 14.4. The van der Waals surface area contributed by atoms with Gasteiger partial charge in [-0.1, -0.05) is 31.7 Å². The molecule has 0 spiro atoms. The second-order valence-electron chi connectivity index (χ2n) is 20.7. The highest BCUT2D eigenvalue weighted by atomic mass is 32.1. The van der Waals surface area contributed by atoms with Gasteiger partial charge in [0.15, 0.2) is 28.9 Å². The Morgan fingerprint density at radius 2 is 1.15 bits per heavy atom. The normalized spacial score (nSPS) is 16.6. The fourth-order valence-corrected chi connectivity index (χ4v) is 11.2. The highest BCUT2D eigenvalue weighted by molar-refractivity contribution is 7.13. The van der Waals surface area contributed by atoms with Crippen LogP contribution in [0.25, 0.3) is 0 Å². The number of unbranched alkanes of at least 4 members (excludes halogenated alkanes) is 2. The lowest BCUT2D eigenvalue weighted by Crippen LogP contribution is -2.38. The second-order valence-corrected chi connectivity index (χ2v) is 22.5. The molecule has 88 heavy (non-hydrogen) atoms. The van der Waals surface area contributed by atoms with Crippen molar-refractivity contribution in [3.05, 3.63) is 141 Å². The van der Waals surface area contributed by atoms with Crippen molar-refractivity contribution in [3.8, 4) is 11.5 Å². The third kappa shape index (κ3) is 19.3. The molecule has 6 heterocycles. The minimum Gasteiger partial charge on any atom is -0.479 e. The third-order valence-corrected chi connectivity index (χ3v) is 15.7. The predicted molar refractivity (Wildman–Crippen MR) is 331 cm³/mol. The lowest BCUT2D eigenvalue weighted by Gasteiger charge is -2.30. The number of carboxylic acid groups (broad SMARTS) is 1. The van der Waals surface area contributed by atoms with Gasteiger partial charge in [0.05, 0.1) is 24.3 Å². The number of rotatable bonds is 29. The molecule has 0 radical (unpaired) electrons. The van der Waals surface area contributed by atoms with Gasteiger partial charge in [0.2, 0.25) is 0 Å². The van der Waals surface area contributed by atoms with Crippen LogP contribution in [0.1, 0.15) is 140 Å². The van der Waals surface area contributed by atoms with Crippen molar-refractivity contribution in [1.82, 2.24) is 19.8 Å². The lowest BCUT2D eigenvalue weighted by atomic mass is 10.0. The highest BCUT2D eigenvalue weighted by Crippen LogP contribution is 2.42. The summed E-state index contributed by atoms with van der Waals surface area (Å²) >= 11 is 2.69. The number of anilines is 4. The van der Waals surface area contributed by atoms with Gasteiger partial charge in [0.25, 0.3) is 17.7 Å². The minimum atomic E-state index is -1.44. The predicted octanol–water partition coefficient (Wildman–Crippen LogP) is 10.6. The summed E-state index contributed by atoms with van der Waals surface area (Å²) in [5.41, 5.74) is 9.18. The maximum absolute atomic E-state index is 14.8. The van der Waals surface area contributed by atoms with E-state index in [0.717, 1.165) is 63.0 Å². The van der Waals surface area contributed by atoms with Crippen molar-refractivity contribution in [2.75, 3.05) is 87.6 Å². The van der Waals surface area contributed by atoms with Crippen LogP contribution in [0.2, 0.25) is 0 Å². The number of carbonyl (C=O) groups excluding carboxylic acids is 3. The van der Waals surface area contributed by atoms with Gasteiger partial charge in [-0.15, -0.1) is 22.7 Å². The van der Waals surface area contributed by atoms with Crippen LogP contribution in [0.5, 0.6) is 11.5 Å². The Morgan fingerprint density at radius 3 is 1.58 bits per heavy atom. The van der Waals surface area contributed by atoms with Crippen LogP contribution < -0.4 is 31.2 Å². The first-order valence-electron chi connectivity index (χ1n) is 29.4. The number of nitrogen functional groups attached to an aromatic ring is 1. The number of aliphatic carboxylic acids is 1. The van der Waals surface area contributed by atoms with E-state index in [1.54, 1.807) is 29.9 Å². The number of nitrogens with zero attached hydrogens (tertiary/aromatic N) is 4. The molecule has 0 aliphatic carbocycles. The van der Waals surface area contributed by atoms with Crippen LogP contribution in [0.3, 0.4) is 0 Å². The number of aliphatic hydroxyl groups excluding tert-OH is 2. The fourth-order valence-electron chi connectivity index (χ4n) is 10.3. The van der Waals surface area contributed by atoms with E-state index in [0.29, 0.717) is 117 Å². The minimum absolute atomic E-state index is 0. The molecular formula is C63H80F2N8O13S2. The fraction of sp³-hybridized carbons (Fsp3) is 0.460. The summed E-state index contributed by atoms with van der Waals surface area (Å²) in [6.45, 7) is 5.04. The average molecular weight is 1260 g/mol. The van der Waals surface area contributed by atoms with Crippen LogP contribution in [-0.2, 0) is 41.6 Å². The first-order valence-corrected chi connectivity index (χ1v) is 31.1. The SMILES string of the molecule is C.Nc1nccs1.O=C(Nc1nccs1)C(c1cc(F)ccc1OC1CCCCO1)N1Cc2cccc(NCCCCOCCCO)c2C1=O.O=C(O)C(c1cc(F)ccc1OC1CCCCO1)N1Cc2cccc(NCCCCOCCCO)c2C1=O. The monoisotopic (exact) mass is 1260 g/mol. The Kier molecular flexibility index (Phi) is 27.6. The van der Waals surface area contributed by atoms with E-state index in [9.17, 15) is 33.1 Å². The Morgan fingerprint density at radius 1 is 0.659 bits per heavy atom. The van der Waals surface area contributed by atoms with Crippen molar-refractivity contribution in [1.29, 1.82) is 0 Å². The van der Waals surface area contributed by atoms with Gasteiger partial charge >= 0.3 is 5.97 Å². The number of amides is 3. The zero-order valence-electron chi connectivity index (χ0n) is 48.4. The van der Waals surface area contributed by atoms with E-state index in [4.69, 9.17) is 44.4 Å². The molecule has 0 bridgehead atoms. The number of fused-ring (bicyclic) bond motifs is 2. The number of aromatic nitrogens is 2. The van der Waals surface area contributed by atoms with Crippen molar-refractivity contribution in [2.45, 2.75) is 122 Å². The lowest BCUT2D eigenvalue weighted by molar-refractivity contribution is -0.143. The number of halogens is 2. The smallest absolute Gasteiger partial charge is 0.331 e. The van der Waals surface area contributed by atoms with Crippen LogP contribution in [-0.4, -0.2) is 137 Å². The average Bonchev–Trinajstić information content (AvgIpc) is 2.21. The number of hydrogen-bond acceptors (Lipinski definition) is 19. The van der Waals surface area contributed by atoms with Crippen LogP contribution in [0, 0.1) is 11.6 Å². The summed E-state index contributed by atoms with van der Waals surface area (Å²) in [5, 5.41) is 41.9. The van der Waals surface area contributed by atoms with Gasteiger partial charge < -0.3 is 69.9 Å². The second kappa shape index (κ2) is 35.6.